The van der Waals surface area contributed by atoms with Crippen LogP contribution in [0.5, 0.6) is 5.75 Å². The summed E-state index contributed by atoms with van der Waals surface area (Å²) in [7, 11) is 1.32. The molecule has 10 heteroatoms. The first-order chi connectivity index (χ1) is 11.3. The molecular formula is C14H10ClN3O6. The van der Waals surface area contributed by atoms with E-state index in [1.54, 1.807) is 0 Å². The van der Waals surface area contributed by atoms with Gasteiger partial charge >= 0.3 is 0 Å². The summed E-state index contributed by atoms with van der Waals surface area (Å²) in [6.45, 7) is 0. The summed E-state index contributed by atoms with van der Waals surface area (Å²) >= 11 is 5.70. The van der Waals surface area contributed by atoms with E-state index in [-0.39, 0.29) is 27.7 Å². The molecule has 0 atom stereocenters. The number of benzene rings is 2. The summed E-state index contributed by atoms with van der Waals surface area (Å²) in [5.41, 5.74) is -0.972. The van der Waals surface area contributed by atoms with Gasteiger partial charge in [0, 0.05) is 23.2 Å². The highest BCUT2D eigenvalue weighted by Gasteiger charge is 2.22. The normalized spacial score (nSPS) is 10.1. The van der Waals surface area contributed by atoms with Crippen molar-refractivity contribution < 1.29 is 19.4 Å². The molecule has 0 bridgehead atoms. The molecule has 2 aromatic rings. The smallest absolute Gasteiger partial charge is 0.283 e. The van der Waals surface area contributed by atoms with Crippen molar-refractivity contribution in [1.29, 1.82) is 0 Å². The molecule has 0 aliphatic rings. The molecule has 0 saturated heterocycles. The average molecular weight is 352 g/mol. The number of nitro groups is 2. The third-order valence-electron chi connectivity index (χ3n) is 3.04. The Bertz CT molecular complexity index is 839. The Kier molecular flexibility index (Phi) is 4.95. The number of rotatable bonds is 5. The molecule has 0 saturated carbocycles. The van der Waals surface area contributed by atoms with Crippen molar-refractivity contribution in [2.24, 2.45) is 0 Å². The Morgan fingerprint density at radius 2 is 1.83 bits per heavy atom. The maximum absolute atomic E-state index is 12.3. The minimum atomic E-state index is -0.822. The SMILES string of the molecule is COc1ccc([N+](=O)[O-])cc1NC(=O)c1ccc(Cl)cc1[N+](=O)[O-]. The first kappa shape index (κ1) is 17.2. The van der Waals surface area contributed by atoms with Crippen LogP contribution in [0.4, 0.5) is 17.1 Å². The zero-order valence-electron chi connectivity index (χ0n) is 12.2. The minimum Gasteiger partial charge on any atom is -0.495 e. The lowest BCUT2D eigenvalue weighted by atomic mass is 10.1. The van der Waals surface area contributed by atoms with E-state index in [4.69, 9.17) is 16.3 Å². The van der Waals surface area contributed by atoms with E-state index in [2.05, 4.69) is 5.32 Å². The molecule has 0 spiro atoms. The number of nitrogens with zero attached hydrogens (tertiary/aromatic N) is 2. The van der Waals surface area contributed by atoms with Gasteiger partial charge in [-0.25, -0.2) is 0 Å². The lowest BCUT2D eigenvalue weighted by molar-refractivity contribution is -0.385. The number of carbonyl (C=O) groups is 1. The van der Waals surface area contributed by atoms with Crippen molar-refractivity contribution in [3.63, 3.8) is 0 Å². The van der Waals surface area contributed by atoms with Crippen molar-refractivity contribution in [3.8, 4) is 5.75 Å². The zero-order chi connectivity index (χ0) is 17.9. The Labute approximate surface area is 140 Å². The first-order valence-corrected chi connectivity index (χ1v) is 6.79. The van der Waals surface area contributed by atoms with E-state index in [0.717, 1.165) is 12.1 Å². The van der Waals surface area contributed by atoms with Crippen molar-refractivity contribution in [1.82, 2.24) is 0 Å². The topological polar surface area (TPSA) is 125 Å². The summed E-state index contributed by atoms with van der Waals surface area (Å²) in [5.74, 6) is -0.650. The average Bonchev–Trinajstić information content (AvgIpc) is 2.54. The molecule has 0 unspecified atom stereocenters. The fourth-order valence-corrected chi connectivity index (χ4v) is 2.11. The number of non-ortho nitro benzene ring substituents is 1. The standard InChI is InChI=1S/C14H10ClN3O6/c1-24-13-5-3-9(17(20)21)7-11(13)16-14(19)10-4-2-8(15)6-12(10)18(22)23/h2-7H,1H3,(H,16,19). The van der Waals surface area contributed by atoms with Crippen LogP contribution in [-0.2, 0) is 0 Å². The Balaban J connectivity index is 2.42. The fraction of sp³-hybridized carbons (Fsp3) is 0.0714. The third-order valence-corrected chi connectivity index (χ3v) is 3.28. The van der Waals surface area contributed by atoms with Crippen LogP contribution in [0.15, 0.2) is 36.4 Å². The Morgan fingerprint density at radius 1 is 1.12 bits per heavy atom. The monoisotopic (exact) mass is 351 g/mol. The molecule has 2 rings (SSSR count). The zero-order valence-corrected chi connectivity index (χ0v) is 12.9. The highest BCUT2D eigenvalue weighted by atomic mass is 35.5. The molecule has 1 N–H and O–H groups in total. The number of carbonyl (C=O) groups excluding carboxylic acids is 1. The van der Waals surface area contributed by atoms with Crippen LogP contribution in [0.1, 0.15) is 10.4 Å². The van der Waals surface area contributed by atoms with Gasteiger partial charge in [-0.05, 0) is 18.2 Å². The molecule has 9 nitrogen and oxygen atoms in total. The molecule has 1 amide bonds. The number of amides is 1. The highest BCUT2D eigenvalue weighted by Crippen LogP contribution is 2.30. The Morgan fingerprint density at radius 3 is 2.42 bits per heavy atom. The first-order valence-electron chi connectivity index (χ1n) is 6.41. The van der Waals surface area contributed by atoms with Gasteiger partial charge in [0.15, 0.2) is 0 Å². The van der Waals surface area contributed by atoms with Crippen LogP contribution >= 0.6 is 11.6 Å². The predicted molar refractivity (Wildman–Crippen MR) is 85.7 cm³/mol. The Hall–Kier alpha value is -3.20. The van der Waals surface area contributed by atoms with E-state index in [1.165, 1.54) is 31.4 Å². The fourth-order valence-electron chi connectivity index (χ4n) is 1.94. The summed E-state index contributed by atoms with van der Waals surface area (Å²) in [6.07, 6.45) is 0. The van der Waals surface area contributed by atoms with Gasteiger partial charge in [-0.2, -0.15) is 0 Å². The number of methoxy groups -OCH3 is 1. The minimum absolute atomic E-state index is 0.0148. The van der Waals surface area contributed by atoms with Gasteiger partial charge < -0.3 is 10.1 Å². The summed E-state index contributed by atoms with van der Waals surface area (Å²) in [5, 5.41) is 24.4. The van der Waals surface area contributed by atoms with Crippen LogP contribution in [-0.4, -0.2) is 22.9 Å². The molecule has 124 valence electrons. The number of nitrogens with one attached hydrogen (secondary N) is 1. The van der Waals surface area contributed by atoms with Gasteiger partial charge in [0.25, 0.3) is 17.3 Å². The molecule has 0 fully saturated rings. The van der Waals surface area contributed by atoms with Crippen LogP contribution < -0.4 is 10.1 Å². The second-order valence-electron chi connectivity index (χ2n) is 4.51. The number of nitro benzene ring substituents is 2. The van der Waals surface area contributed by atoms with Crippen LogP contribution in [0, 0.1) is 20.2 Å². The number of anilines is 1. The van der Waals surface area contributed by atoms with E-state index in [1.807, 2.05) is 0 Å². The van der Waals surface area contributed by atoms with Gasteiger partial charge in [-0.15, -0.1) is 0 Å². The third kappa shape index (κ3) is 3.58. The quantitative estimate of drug-likeness (QED) is 0.650. The van der Waals surface area contributed by atoms with Gasteiger partial charge in [0.1, 0.15) is 11.3 Å². The van der Waals surface area contributed by atoms with Crippen LogP contribution in [0.3, 0.4) is 0 Å². The maximum Gasteiger partial charge on any atom is 0.283 e. The molecule has 0 aliphatic heterocycles. The van der Waals surface area contributed by atoms with Gasteiger partial charge in [-0.1, -0.05) is 11.6 Å². The van der Waals surface area contributed by atoms with Gasteiger partial charge in [0.2, 0.25) is 0 Å². The van der Waals surface area contributed by atoms with Gasteiger partial charge in [-0.3, -0.25) is 25.0 Å². The number of ether oxygens (including phenoxy) is 1. The second-order valence-corrected chi connectivity index (χ2v) is 4.95. The molecule has 0 aliphatic carbocycles. The maximum atomic E-state index is 12.3. The largest absolute Gasteiger partial charge is 0.495 e. The van der Waals surface area contributed by atoms with Crippen LogP contribution in [0.25, 0.3) is 0 Å². The summed E-state index contributed by atoms with van der Waals surface area (Å²) in [4.78, 5) is 32.8. The highest BCUT2D eigenvalue weighted by molar-refractivity contribution is 6.31. The summed E-state index contributed by atoms with van der Waals surface area (Å²) in [6, 6.07) is 7.18. The van der Waals surface area contributed by atoms with E-state index >= 15 is 0 Å². The van der Waals surface area contributed by atoms with Crippen molar-refractivity contribution >= 4 is 34.6 Å². The van der Waals surface area contributed by atoms with Crippen molar-refractivity contribution in [3.05, 3.63) is 67.2 Å². The van der Waals surface area contributed by atoms with Crippen molar-refractivity contribution in [2.75, 3.05) is 12.4 Å². The van der Waals surface area contributed by atoms with E-state index in [9.17, 15) is 25.0 Å². The molecule has 2 aromatic carbocycles. The van der Waals surface area contributed by atoms with Crippen LogP contribution in [0.2, 0.25) is 5.02 Å². The van der Waals surface area contributed by atoms with E-state index in [0.29, 0.717) is 0 Å². The molecular weight excluding hydrogens is 342 g/mol. The number of hydrogen-bond acceptors (Lipinski definition) is 6. The predicted octanol–water partition coefficient (Wildman–Crippen LogP) is 3.42. The lowest BCUT2D eigenvalue weighted by Gasteiger charge is -2.10. The van der Waals surface area contributed by atoms with Crippen molar-refractivity contribution in [2.45, 2.75) is 0 Å². The van der Waals surface area contributed by atoms with E-state index < -0.39 is 21.4 Å². The molecule has 0 aromatic heterocycles. The number of hydrogen-bond donors (Lipinski definition) is 1. The second kappa shape index (κ2) is 6.92. The molecule has 24 heavy (non-hydrogen) atoms. The summed E-state index contributed by atoms with van der Waals surface area (Å²) < 4.78 is 5.02. The molecule has 0 radical (unpaired) electrons. The molecule has 0 heterocycles. The lowest BCUT2D eigenvalue weighted by Crippen LogP contribution is -2.14. The van der Waals surface area contributed by atoms with Gasteiger partial charge in [0.05, 0.1) is 22.6 Å². The number of halogens is 1.